The van der Waals surface area contributed by atoms with Crippen molar-refractivity contribution in [2.24, 2.45) is 5.41 Å². The standard InChI is InChI=1S/C15H26N2OS/c1-5-12-13(10-18)19-14(16-12)17(4)11-6-8-15(2,3)9-7-11/h11,18H,5-10H2,1-4H3. The summed E-state index contributed by atoms with van der Waals surface area (Å²) in [6.45, 7) is 6.95. The first-order valence-corrected chi connectivity index (χ1v) is 8.11. The summed E-state index contributed by atoms with van der Waals surface area (Å²) >= 11 is 1.65. The number of nitrogens with zero attached hydrogens (tertiary/aromatic N) is 2. The van der Waals surface area contributed by atoms with Gasteiger partial charge in [0.05, 0.1) is 17.2 Å². The third-order valence-electron chi connectivity index (χ3n) is 4.40. The van der Waals surface area contributed by atoms with Crippen LogP contribution in [0.15, 0.2) is 0 Å². The number of hydrogen-bond acceptors (Lipinski definition) is 4. The molecule has 1 aliphatic carbocycles. The molecule has 0 spiro atoms. The normalized spacial score (nSPS) is 19.6. The fourth-order valence-corrected chi connectivity index (χ4v) is 3.89. The second-order valence-electron chi connectivity index (χ2n) is 6.38. The number of aliphatic hydroxyl groups excluding tert-OH is 1. The molecule has 1 saturated carbocycles. The maximum atomic E-state index is 9.38. The van der Waals surface area contributed by atoms with E-state index in [1.54, 1.807) is 11.3 Å². The first kappa shape index (κ1) is 14.8. The van der Waals surface area contributed by atoms with E-state index in [9.17, 15) is 5.11 Å². The van der Waals surface area contributed by atoms with Gasteiger partial charge < -0.3 is 10.0 Å². The molecule has 1 aromatic heterocycles. The molecule has 0 atom stereocenters. The lowest BCUT2D eigenvalue weighted by Gasteiger charge is -2.38. The van der Waals surface area contributed by atoms with Crippen LogP contribution in [0.5, 0.6) is 0 Å². The van der Waals surface area contributed by atoms with Crippen LogP contribution in [0.4, 0.5) is 5.13 Å². The van der Waals surface area contributed by atoms with Crippen LogP contribution in [0.1, 0.15) is 57.0 Å². The monoisotopic (exact) mass is 282 g/mol. The van der Waals surface area contributed by atoms with Gasteiger partial charge >= 0.3 is 0 Å². The first-order valence-electron chi connectivity index (χ1n) is 7.29. The Morgan fingerprint density at radius 1 is 1.37 bits per heavy atom. The van der Waals surface area contributed by atoms with E-state index in [-0.39, 0.29) is 6.61 Å². The van der Waals surface area contributed by atoms with Gasteiger partial charge in [-0.25, -0.2) is 4.98 Å². The van der Waals surface area contributed by atoms with Crippen molar-refractivity contribution >= 4 is 16.5 Å². The maximum absolute atomic E-state index is 9.38. The zero-order valence-electron chi connectivity index (χ0n) is 12.6. The Labute approximate surface area is 120 Å². The summed E-state index contributed by atoms with van der Waals surface area (Å²) in [7, 11) is 2.16. The molecule has 1 heterocycles. The van der Waals surface area contributed by atoms with Crippen LogP contribution in [0, 0.1) is 5.41 Å². The molecular formula is C15H26N2OS. The average molecular weight is 282 g/mol. The zero-order chi connectivity index (χ0) is 14.0. The van der Waals surface area contributed by atoms with Gasteiger partial charge in [0.2, 0.25) is 0 Å². The molecule has 0 aliphatic heterocycles. The largest absolute Gasteiger partial charge is 0.391 e. The Bertz CT molecular complexity index is 396. The van der Waals surface area contributed by atoms with E-state index in [2.05, 4.69) is 32.7 Å². The Morgan fingerprint density at radius 3 is 2.47 bits per heavy atom. The topological polar surface area (TPSA) is 36.4 Å². The molecule has 0 unspecified atom stereocenters. The Morgan fingerprint density at radius 2 is 2.00 bits per heavy atom. The summed E-state index contributed by atoms with van der Waals surface area (Å²) in [6.07, 6.45) is 5.98. The SMILES string of the molecule is CCc1nc(N(C)C2CCC(C)(C)CC2)sc1CO. The van der Waals surface area contributed by atoms with Crippen LogP contribution in [-0.4, -0.2) is 23.2 Å². The van der Waals surface area contributed by atoms with Gasteiger partial charge in [-0.1, -0.05) is 32.1 Å². The molecule has 0 radical (unpaired) electrons. The maximum Gasteiger partial charge on any atom is 0.185 e. The molecule has 108 valence electrons. The molecule has 2 rings (SSSR count). The van der Waals surface area contributed by atoms with Gasteiger partial charge in [0.15, 0.2) is 5.13 Å². The summed E-state index contributed by atoms with van der Waals surface area (Å²) in [6, 6.07) is 0.607. The number of aromatic nitrogens is 1. The van der Waals surface area contributed by atoms with E-state index in [0.717, 1.165) is 22.1 Å². The van der Waals surface area contributed by atoms with E-state index in [0.29, 0.717) is 11.5 Å². The molecule has 1 fully saturated rings. The summed E-state index contributed by atoms with van der Waals surface area (Å²) in [5.41, 5.74) is 1.57. The van der Waals surface area contributed by atoms with Crippen molar-refractivity contribution in [3.8, 4) is 0 Å². The molecular weight excluding hydrogens is 256 g/mol. The number of aryl methyl sites for hydroxylation is 1. The second-order valence-corrected chi connectivity index (χ2v) is 7.45. The van der Waals surface area contributed by atoms with Crippen LogP contribution in [0.2, 0.25) is 0 Å². The minimum Gasteiger partial charge on any atom is -0.391 e. The number of rotatable bonds is 4. The van der Waals surface area contributed by atoms with Crippen LogP contribution in [-0.2, 0) is 13.0 Å². The molecule has 1 aliphatic rings. The molecule has 0 bridgehead atoms. The molecule has 4 heteroatoms. The van der Waals surface area contributed by atoms with Gasteiger partial charge in [-0.2, -0.15) is 0 Å². The van der Waals surface area contributed by atoms with Gasteiger partial charge in [-0.3, -0.25) is 0 Å². The van der Waals surface area contributed by atoms with Crippen LogP contribution < -0.4 is 4.90 Å². The van der Waals surface area contributed by atoms with Crippen LogP contribution in [0.3, 0.4) is 0 Å². The molecule has 3 nitrogen and oxygen atoms in total. The molecule has 19 heavy (non-hydrogen) atoms. The van der Waals surface area contributed by atoms with E-state index in [4.69, 9.17) is 4.98 Å². The van der Waals surface area contributed by atoms with E-state index in [1.165, 1.54) is 25.7 Å². The van der Waals surface area contributed by atoms with Crippen molar-refractivity contribution < 1.29 is 5.11 Å². The van der Waals surface area contributed by atoms with Gasteiger partial charge in [0.1, 0.15) is 0 Å². The van der Waals surface area contributed by atoms with Crippen molar-refractivity contribution in [2.45, 2.75) is 65.5 Å². The van der Waals surface area contributed by atoms with Crippen LogP contribution in [0.25, 0.3) is 0 Å². The van der Waals surface area contributed by atoms with Crippen LogP contribution >= 0.6 is 11.3 Å². The van der Waals surface area contributed by atoms with Crippen molar-refractivity contribution in [2.75, 3.05) is 11.9 Å². The highest BCUT2D eigenvalue weighted by Crippen LogP contribution is 2.38. The molecule has 1 N–H and O–H groups in total. The Kier molecular flexibility index (Phi) is 4.51. The van der Waals surface area contributed by atoms with Gasteiger partial charge in [0.25, 0.3) is 0 Å². The second kappa shape index (κ2) is 5.80. The number of aliphatic hydroxyl groups is 1. The number of hydrogen-bond donors (Lipinski definition) is 1. The fourth-order valence-electron chi connectivity index (χ4n) is 2.85. The molecule has 0 amide bonds. The van der Waals surface area contributed by atoms with E-state index >= 15 is 0 Å². The third-order valence-corrected chi connectivity index (χ3v) is 5.58. The van der Waals surface area contributed by atoms with E-state index < -0.39 is 0 Å². The Balaban J connectivity index is 2.07. The third kappa shape index (κ3) is 3.29. The van der Waals surface area contributed by atoms with Crippen molar-refractivity contribution in [3.05, 3.63) is 10.6 Å². The summed E-state index contributed by atoms with van der Waals surface area (Å²) < 4.78 is 0. The lowest BCUT2D eigenvalue weighted by Crippen LogP contribution is -2.37. The lowest BCUT2D eigenvalue weighted by molar-refractivity contribution is 0.222. The minimum atomic E-state index is 0.117. The van der Waals surface area contributed by atoms with Crippen molar-refractivity contribution in [1.82, 2.24) is 4.98 Å². The van der Waals surface area contributed by atoms with Crippen molar-refractivity contribution in [1.29, 1.82) is 0 Å². The van der Waals surface area contributed by atoms with Gasteiger partial charge in [0, 0.05) is 13.1 Å². The smallest absolute Gasteiger partial charge is 0.185 e. The molecule has 0 saturated heterocycles. The fraction of sp³-hybridized carbons (Fsp3) is 0.800. The highest BCUT2D eigenvalue weighted by Gasteiger charge is 2.30. The zero-order valence-corrected chi connectivity index (χ0v) is 13.4. The minimum absolute atomic E-state index is 0.117. The molecule has 1 aromatic rings. The predicted molar refractivity (Wildman–Crippen MR) is 81.9 cm³/mol. The van der Waals surface area contributed by atoms with Crippen molar-refractivity contribution in [3.63, 3.8) is 0 Å². The number of anilines is 1. The summed E-state index contributed by atoms with van der Waals surface area (Å²) in [5.74, 6) is 0. The first-order chi connectivity index (χ1) is 8.96. The highest BCUT2D eigenvalue weighted by atomic mass is 32.1. The summed E-state index contributed by atoms with van der Waals surface area (Å²) in [5, 5.41) is 10.5. The quantitative estimate of drug-likeness (QED) is 0.916. The summed E-state index contributed by atoms with van der Waals surface area (Å²) in [4.78, 5) is 8.06. The van der Waals surface area contributed by atoms with Gasteiger partial charge in [-0.15, -0.1) is 0 Å². The number of thiazole rings is 1. The molecule has 0 aromatic carbocycles. The highest BCUT2D eigenvalue weighted by molar-refractivity contribution is 7.15. The van der Waals surface area contributed by atoms with E-state index in [1.807, 2.05) is 0 Å². The van der Waals surface area contributed by atoms with Gasteiger partial charge in [-0.05, 0) is 37.5 Å². The Hall–Kier alpha value is -0.610. The predicted octanol–water partition coefficient (Wildman–Crippen LogP) is 3.60. The lowest BCUT2D eigenvalue weighted by atomic mass is 9.75. The average Bonchev–Trinajstić information content (AvgIpc) is 2.81.